The number of rotatable bonds is 8. The number of amides is 2. The first kappa shape index (κ1) is 18.8. The summed E-state index contributed by atoms with van der Waals surface area (Å²) in [5, 5.41) is 4.72. The summed E-state index contributed by atoms with van der Waals surface area (Å²) in [5.74, 6) is 1.30. The first-order chi connectivity index (χ1) is 11.5. The number of ether oxygens (including phenoxy) is 3. The minimum absolute atomic E-state index is 0.0464. The van der Waals surface area contributed by atoms with E-state index in [1.165, 1.54) is 26.4 Å². The highest BCUT2D eigenvalue weighted by Crippen LogP contribution is 2.22. The van der Waals surface area contributed by atoms with Crippen LogP contribution in [-0.4, -0.2) is 51.7 Å². The number of nitrogens with one attached hydrogen (secondary N) is 2. The fourth-order valence-corrected chi connectivity index (χ4v) is 1.59. The molecule has 0 spiro atoms. The van der Waals surface area contributed by atoms with Crippen molar-refractivity contribution >= 4 is 17.8 Å². The zero-order chi connectivity index (χ0) is 17.9. The van der Waals surface area contributed by atoms with Gasteiger partial charge in [-0.1, -0.05) is 5.92 Å². The maximum absolute atomic E-state index is 12.0. The van der Waals surface area contributed by atoms with Crippen LogP contribution in [0.4, 0.5) is 0 Å². The molecule has 2 N–H and O–H groups in total. The lowest BCUT2D eigenvalue weighted by Gasteiger charge is -2.09. The standard InChI is InChI=1S/C16H18N2O6/c1-4-5-17-14(19)10-24-15(20)9-18-16(21)11-6-12(22-2)8-13(7-11)23-3/h1,6-8H,5,9-10H2,2-3H3,(H,17,19)(H,18,21). The molecule has 0 saturated heterocycles. The molecule has 0 heterocycles. The van der Waals surface area contributed by atoms with Gasteiger partial charge in [0, 0.05) is 11.6 Å². The molecule has 0 atom stereocenters. The first-order valence-corrected chi connectivity index (χ1v) is 6.87. The maximum Gasteiger partial charge on any atom is 0.325 e. The van der Waals surface area contributed by atoms with Gasteiger partial charge in [0.15, 0.2) is 6.61 Å². The normalized spacial score (nSPS) is 9.38. The van der Waals surface area contributed by atoms with Crippen molar-refractivity contribution in [1.82, 2.24) is 10.6 Å². The fourth-order valence-electron chi connectivity index (χ4n) is 1.59. The van der Waals surface area contributed by atoms with Crippen molar-refractivity contribution in [3.05, 3.63) is 23.8 Å². The van der Waals surface area contributed by atoms with Crippen LogP contribution in [0.2, 0.25) is 0 Å². The van der Waals surface area contributed by atoms with Gasteiger partial charge in [-0.25, -0.2) is 0 Å². The van der Waals surface area contributed by atoms with E-state index in [9.17, 15) is 14.4 Å². The van der Waals surface area contributed by atoms with Crippen molar-refractivity contribution in [2.45, 2.75) is 0 Å². The molecule has 0 fully saturated rings. The molecule has 0 saturated carbocycles. The molecule has 128 valence electrons. The molecule has 0 aliphatic heterocycles. The third-order valence-corrected chi connectivity index (χ3v) is 2.76. The van der Waals surface area contributed by atoms with Crippen LogP contribution in [0.5, 0.6) is 11.5 Å². The second-order valence-electron chi connectivity index (χ2n) is 4.43. The number of esters is 1. The fraction of sp³-hybridized carbons (Fsp3) is 0.312. The molecule has 0 bridgehead atoms. The monoisotopic (exact) mass is 334 g/mol. The van der Waals surface area contributed by atoms with Crippen molar-refractivity contribution in [3.63, 3.8) is 0 Å². The predicted molar refractivity (Wildman–Crippen MR) is 84.7 cm³/mol. The Morgan fingerprint density at radius 3 is 2.25 bits per heavy atom. The largest absolute Gasteiger partial charge is 0.497 e. The van der Waals surface area contributed by atoms with Crippen LogP contribution in [0.1, 0.15) is 10.4 Å². The molecule has 2 amide bonds. The summed E-state index contributed by atoms with van der Waals surface area (Å²) in [5.41, 5.74) is 0.255. The SMILES string of the molecule is C#CCNC(=O)COC(=O)CNC(=O)c1cc(OC)cc(OC)c1. The Bertz CT molecular complexity index is 628. The van der Waals surface area contributed by atoms with Crippen LogP contribution in [0.15, 0.2) is 18.2 Å². The van der Waals surface area contributed by atoms with Crippen LogP contribution in [0.25, 0.3) is 0 Å². The van der Waals surface area contributed by atoms with Gasteiger partial charge in [-0.2, -0.15) is 0 Å². The summed E-state index contributed by atoms with van der Waals surface area (Å²) in [6.07, 6.45) is 4.97. The second kappa shape index (κ2) is 9.74. The third-order valence-electron chi connectivity index (χ3n) is 2.76. The Balaban J connectivity index is 2.49. The lowest BCUT2D eigenvalue weighted by Crippen LogP contribution is -2.34. The van der Waals surface area contributed by atoms with Crippen molar-refractivity contribution in [2.75, 3.05) is 33.9 Å². The second-order valence-corrected chi connectivity index (χ2v) is 4.43. The number of carbonyl (C=O) groups is 3. The van der Waals surface area contributed by atoms with E-state index in [2.05, 4.69) is 16.6 Å². The van der Waals surface area contributed by atoms with Gasteiger partial charge in [-0.15, -0.1) is 6.42 Å². The summed E-state index contributed by atoms with van der Waals surface area (Å²) in [7, 11) is 2.91. The van der Waals surface area contributed by atoms with Gasteiger partial charge in [0.1, 0.15) is 18.0 Å². The third kappa shape index (κ3) is 6.27. The molecule has 0 unspecified atom stereocenters. The lowest BCUT2D eigenvalue weighted by atomic mass is 10.2. The van der Waals surface area contributed by atoms with E-state index < -0.39 is 24.4 Å². The van der Waals surface area contributed by atoms with E-state index in [1.54, 1.807) is 6.07 Å². The minimum atomic E-state index is -0.755. The van der Waals surface area contributed by atoms with Crippen LogP contribution in [0, 0.1) is 12.3 Å². The Hall–Kier alpha value is -3.21. The number of benzene rings is 1. The zero-order valence-electron chi connectivity index (χ0n) is 13.4. The number of terminal acetylenes is 1. The molecule has 8 heteroatoms. The Labute approximate surface area is 139 Å². The van der Waals surface area contributed by atoms with Crippen LogP contribution in [0.3, 0.4) is 0 Å². The average Bonchev–Trinajstić information content (AvgIpc) is 2.61. The number of methoxy groups -OCH3 is 2. The molecule has 1 aromatic carbocycles. The van der Waals surface area contributed by atoms with Crippen LogP contribution >= 0.6 is 0 Å². The quantitative estimate of drug-likeness (QED) is 0.501. The molecular formula is C16H18N2O6. The van der Waals surface area contributed by atoms with E-state index in [1.807, 2.05) is 0 Å². The highest BCUT2D eigenvalue weighted by Gasteiger charge is 2.12. The summed E-state index contributed by atoms with van der Waals surface area (Å²) in [4.78, 5) is 34.7. The van der Waals surface area contributed by atoms with Gasteiger partial charge in [-0.05, 0) is 12.1 Å². The van der Waals surface area contributed by atoms with Gasteiger partial charge in [-0.3, -0.25) is 14.4 Å². The van der Waals surface area contributed by atoms with Crippen LogP contribution in [-0.2, 0) is 14.3 Å². The van der Waals surface area contributed by atoms with Crippen molar-refractivity contribution in [2.24, 2.45) is 0 Å². The van der Waals surface area contributed by atoms with Gasteiger partial charge in [0.25, 0.3) is 11.8 Å². The average molecular weight is 334 g/mol. The molecule has 8 nitrogen and oxygen atoms in total. The Kier molecular flexibility index (Phi) is 7.64. The van der Waals surface area contributed by atoms with E-state index in [0.717, 1.165) is 0 Å². The van der Waals surface area contributed by atoms with E-state index >= 15 is 0 Å². The highest BCUT2D eigenvalue weighted by atomic mass is 16.5. The Morgan fingerprint density at radius 2 is 1.71 bits per heavy atom. The molecule has 0 aliphatic rings. The van der Waals surface area contributed by atoms with Gasteiger partial charge in [0.05, 0.1) is 20.8 Å². The van der Waals surface area contributed by atoms with Gasteiger partial charge >= 0.3 is 5.97 Å². The summed E-state index contributed by atoms with van der Waals surface area (Å²) >= 11 is 0. The van der Waals surface area contributed by atoms with E-state index in [0.29, 0.717) is 11.5 Å². The summed E-state index contributed by atoms with van der Waals surface area (Å²) < 4.78 is 14.8. The number of carbonyl (C=O) groups excluding carboxylic acids is 3. The van der Waals surface area contributed by atoms with Crippen molar-refractivity contribution in [3.8, 4) is 23.8 Å². The molecule has 1 aromatic rings. The number of hydrogen-bond acceptors (Lipinski definition) is 6. The maximum atomic E-state index is 12.0. The van der Waals surface area contributed by atoms with E-state index in [-0.39, 0.29) is 18.7 Å². The summed E-state index contributed by atoms with van der Waals surface area (Å²) in [6, 6.07) is 4.60. The highest BCUT2D eigenvalue weighted by molar-refractivity contribution is 5.96. The Morgan fingerprint density at radius 1 is 1.08 bits per heavy atom. The summed E-state index contributed by atoms with van der Waals surface area (Å²) in [6.45, 7) is -0.811. The van der Waals surface area contributed by atoms with Gasteiger partial charge < -0.3 is 24.8 Å². The zero-order valence-corrected chi connectivity index (χ0v) is 13.4. The lowest BCUT2D eigenvalue weighted by molar-refractivity contribution is -0.147. The van der Waals surface area contributed by atoms with Crippen molar-refractivity contribution < 1.29 is 28.6 Å². The topological polar surface area (TPSA) is 103 Å². The molecule has 0 aliphatic carbocycles. The molecule has 0 radical (unpaired) electrons. The minimum Gasteiger partial charge on any atom is -0.497 e. The number of hydrogen-bond donors (Lipinski definition) is 2. The molecule has 1 rings (SSSR count). The first-order valence-electron chi connectivity index (χ1n) is 6.87. The van der Waals surface area contributed by atoms with E-state index in [4.69, 9.17) is 20.6 Å². The van der Waals surface area contributed by atoms with Crippen LogP contribution < -0.4 is 20.1 Å². The molecule has 24 heavy (non-hydrogen) atoms. The van der Waals surface area contributed by atoms with Gasteiger partial charge in [0.2, 0.25) is 0 Å². The smallest absolute Gasteiger partial charge is 0.325 e. The predicted octanol–water partition coefficient (Wildman–Crippen LogP) is -0.274. The molecular weight excluding hydrogens is 316 g/mol. The van der Waals surface area contributed by atoms with Crippen molar-refractivity contribution in [1.29, 1.82) is 0 Å². The molecule has 0 aromatic heterocycles.